The number of amides is 1. The topological polar surface area (TPSA) is 59.8 Å². The first-order valence-electron chi connectivity index (χ1n) is 8.16. The Morgan fingerprint density at radius 3 is 2.81 bits per heavy atom. The van der Waals surface area contributed by atoms with Crippen molar-refractivity contribution in [1.82, 2.24) is 20.1 Å². The Hall–Kier alpha value is -2.77. The Morgan fingerprint density at radius 2 is 2.00 bits per heavy atom. The smallest absolute Gasteiger partial charge is 0.270 e. The van der Waals surface area contributed by atoms with E-state index in [1.54, 1.807) is 16.7 Å². The van der Waals surface area contributed by atoms with E-state index in [2.05, 4.69) is 15.4 Å². The number of thiophene rings is 1. The van der Waals surface area contributed by atoms with E-state index in [4.69, 9.17) is 0 Å². The largest absolute Gasteiger partial charge is 0.350 e. The molecule has 1 N–H and O–H groups in total. The second-order valence-electron chi connectivity index (χ2n) is 5.65. The molecule has 0 radical (unpaired) electrons. The van der Waals surface area contributed by atoms with E-state index >= 15 is 0 Å². The average molecular weight is 380 g/mol. The van der Waals surface area contributed by atoms with Crippen molar-refractivity contribution in [2.75, 3.05) is 6.54 Å². The van der Waals surface area contributed by atoms with Crippen molar-refractivity contribution in [1.29, 1.82) is 0 Å². The zero-order chi connectivity index (χ0) is 17.8. The maximum atomic E-state index is 12.3. The molecule has 0 bridgehead atoms. The molecule has 5 nitrogen and oxygen atoms in total. The third kappa shape index (κ3) is 3.74. The van der Waals surface area contributed by atoms with Crippen molar-refractivity contribution in [3.8, 4) is 15.6 Å². The number of para-hydroxylation sites is 1. The van der Waals surface area contributed by atoms with E-state index < -0.39 is 0 Å². The van der Waals surface area contributed by atoms with Crippen molar-refractivity contribution >= 4 is 28.6 Å². The lowest BCUT2D eigenvalue weighted by Crippen LogP contribution is -2.25. The fourth-order valence-corrected chi connectivity index (χ4v) is 4.13. The molecule has 0 aliphatic heterocycles. The summed E-state index contributed by atoms with van der Waals surface area (Å²) < 4.78 is 1.84. The van der Waals surface area contributed by atoms with Crippen LogP contribution in [0.3, 0.4) is 0 Å². The van der Waals surface area contributed by atoms with Gasteiger partial charge in [0.1, 0.15) is 10.7 Å². The first kappa shape index (κ1) is 16.7. The molecule has 0 saturated carbocycles. The van der Waals surface area contributed by atoms with E-state index in [9.17, 15) is 4.79 Å². The monoisotopic (exact) mass is 380 g/mol. The number of benzene rings is 1. The molecule has 0 unspecified atom stereocenters. The lowest BCUT2D eigenvalue weighted by Gasteiger charge is -2.02. The number of hydrogen-bond donors (Lipinski definition) is 1. The van der Waals surface area contributed by atoms with Crippen molar-refractivity contribution < 1.29 is 4.79 Å². The normalized spacial score (nSPS) is 10.8. The lowest BCUT2D eigenvalue weighted by atomic mass is 10.2. The molecule has 0 spiro atoms. The average Bonchev–Trinajstić information content (AvgIpc) is 3.42. The summed E-state index contributed by atoms with van der Waals surface area (Å²) in [6, 6.07) is 13.9. The fourth-order valence-electron chi connectivity index (χ4n) is 2.51. The van der Waals surface area contributed by atoms with E-state index in [0.29, 0.717) is 12.2 Å². The number of thiazole rings is 1. The van der Waals surface area contributed by atoms with Crippen LogP contribution in [0.25, 0.3) is 15.6 Å². The quantitative estimate of drug-likeness (QED) is 0.549. The second-order valence-corrected chi connectivity index (χ2v) is 7.46. The van der Waals surface area contributed by atoms with Crippen LogP contribution in [0.4, 0.5) is 0 Å². The highest BCUT2D eigenvalue weighted by atomic mass is 32.1. The van der Waals surface area contributed by atoms with Crippen LogP contribution in [-0.4, -0.2) is 27.2 Å². The van der Waals surface area contributed by atoms with Crippen molar-refractivity contribution in [3.63, 3.8) is 0 Å². The van der Waals surface area contributed by atoms with E-state index in [1.165, 1.54) is 11.3 Å². The summed E-state index contributed by atoms with van der Waals surface area (Å²) in [6.45, 7) is 0.547. The number of aromatic nitrogens is 3. The molecule has 0 saturated heterocycles. The van der Waals surface area contributed by atoms with E-state index in [-0.39, 0.29) is 5.91 Å². The minimum atomic E-state index is -0.139. The minimum Gasteiger partial charge on any atom is -0.350 e. The van der Waals surface area contributed by atoms with Gasteiger partial charge in [-0.25, -0.2) is 9.67 Å². The summed E-state index contributed by atoms with van der Waals surface area (Å²) in [6.07, 6.45) is 4.54. The molecule has 4 rings (SSSR count). The summed E-state index contributed by atoms with van der Waals surface area (Å²) >= 11 is 3.12. The lowest BCUT2D eigenvalue weighted by molar-refractivity contribution is 0.0950. The van der Waals surface area contributed by atoms with Gasteiger partial charge in [0.05, 0.1) is 16.8 Å². The minimum absolute atomic E-state index is 0.139. The van der Waals surface area contributed by atoms with Gasteiger partial charge < -0.3 is 5.32 Å². The highest BCUT2D eigenvalue weighted by Gasteiger charge is 2.12. The number of nitrogens with zero attached hydrogens (tertiary/aromatic N) is 3. The van der Waals surface area contributed by atoms with Crippen LogP contribution in [0.5, 0.6) is 0 Å². The molecule has 0 aliphatic rings. The van der Waals surface area contributed by atoms with Gasteiger partial charge in [0, 0.05) is 18.1 Å². The standard InChI is InChI=1S/C19H16N4OS2/c24-18(16-13-26-19(22-16)17-7-4-10-25-17)20-9-8-14-11-21-23(12-14)15-5-2-1-3-6-15/h1-7,10-13H,8-9H2,(H,20,24). The zero-order valence-corrected chi connectivity index (χ0v) is 15.5. The molecule has 4 aromatic rings. The van der Waals surface area contributed by atoms with Crippen LogP contribution in [0.15, 0.2) is 65.6 Å². The maximum absolute atomic E-state index is 12.3. The summed E-state index contributed by atoms with van der Waals surface area (Å²) in [5.41, 5.74) is 2.57. The van der Waals surface area contributed by atoms with Crippen LogP contribution in [0, 0.1) is 0 Å². The maximum Gasteiger partial charge on any atom is 0.270 e. The van der Waals surface area contributed by atoms with Gasteiger partial charge in [-0.1, -0.05) is 24.3 Å². The van der Waals surface area contributed by atoms with Crippen LogP contribution in [-0.2, 0) is 6.42 Å². The van der Waals surface area contributed by atoms with Gasteiger partial charge in [0.15, 0.2) is 0 Å². The third-order valence-corrected chi connectivity index (χ3v) is 5.71. The van der Waals surface area contributed by atoms with Crippen LogP contribution >= 0.6 is 22.7 Å². The Kier molecular flexibility index (Phi) is 4.90. The summed E-state index contributed by atoms with van der Waals surface area (Å²) in [7, 11) is 0. The molecule has 1 amide bonds. The number of rotatable bonds is 6. The highest BCUT2D eigenvalue weighted by Crippen LogP contribution is 2.27. The molecule has 0 aliphatic carbocycles. The number of hydrogen-bond acceptors (Lipinski definition) is 5. The summed E-state index contributed by atoms with van der Waals surface area (Å²) in [5, 5.41) is 12.0. The highest BCUT2D eigenvalue weighted by molar-refractivity contribution is 7.20. The molecule has 130 valence electrons. The van der Waals surface area contributed by atoms with Gasteiger partial charge >= 0.3 is 0 Å². The summed E-state index contributed by atoms with van der Waals surface area (Å²) in [4.78, 5) is 17.8. The van der Waals surface area contributed by atoms with Crippen molar-refractivity contribution in [2.24, 2.45) is 0 Å². The number of nitrogens with one attached hydrogen (secondary N) is 1. The fraction of sp³-hybridized carbons (Fsp3) is 0.105. The molecule has 3 heterocycles. The predicted octanol–water partition coefficient (Wildman–Crippen LogP) is 4.03. The first-order chi connectivity index (χ1) is 12.8. The molecule has 26 heavy (non-hydrogen) atoms. The van der Waals surface area contributed by atoms with Gasteiger partial charge in [-0.2, -0.15) is 5.10 Å². The van der Waals surface area contributed by atoms with E-state index in [1.807, 2.05) is 64.9 Å². The molecule has 7 heteroatoms. The van der Waals surface area contributed by atoms with E-state index in [0.717, 1.165) is 27.6 Å². The molecule has 0 atom stereocenters. The van der Waals surface area contributed by atoms with Crippen LogP contribution in [0.1, 0.15) is 16.1 Å². The van der Waals surface area contributed by atoms with Crippen LogP contribution < -0.4 is 5.32 Å². The predicted molar refractivity (Wildman–Crippen MR) is 105 cm³/mol. The Bertz CT molecular complexity index is 990. The molecule has 0 fully saturated rings. The second kappa shape index (κ2) is 7.63. The molecular formula is C19H16N4OS2. The number of carbonyl (C=O) groups excluding carboxylic acids is 1. The van der Waals surface area contributed by atoms with Gasteiger partial charge in [-0.15, -0.1) is 22.7 Å². The molecular weight excluding hydrogens is 364 g/mol. The van der Waals surface area contributed by atoms with Gasteiger partial charge in [0.2, 0.25) is 0 Å². The van der Waals surface area contributed by atoms with Gasteiger partial charge in [-0.05, 0) is 35.6 Å². The first-order valence-corrected chi connectivity index (χ1v) is 9.92. The summed E-state index contributed by atoms with van der Waals surface area (Å²) in [5.74, 6) is -0.139. The molecule has 1 aromatic carbocycles. The van der Waals surface area contributed by atoms with Gasteiger partial charge in [0.25, 0.3) is 5.91 Å². The van der Waals surface area contributed by atoms with Gasteiger partial charge in [-0.3, -0.25) is 4.79 Å². The number of carbonyl (C=O) groups is 1. The third-order valence-electron chi connectivity index (χ3n) is 3.82. The Labute approximate surface area is 159 Å². The van der Waals surface area contributed by atoms with Crippen LogP contribution in [0.2, 0.25) is 0 Å². The van der Waals surface area contributed by atoms with Crippen molar-refractivity contribution in [2.45, 2.75) is 6.42 Å². The Morgan fingerprint density at radius 1 is 1.12 bits per heavy atom. The SMILES string of the molecule is O=C(NCCc1cnn(-c2ccccc2)c1)c1csc(-c2cccs2)n1. The Balaban J connectivity index is 1.32. The molecule has 3 aromatic heterocycles. The van der Waals surface area contributed by atoms with Crippen molar-refractivity contribution in [3.05, 3.63) is 76.9 Å². The zero-order valence-electron chi connectivity index (χ0n) is 13.8.